The van der Waals surface area contributed by atoms with Crippen LogP contribution in [0.4, 0.5) is 0 Å². The zero-order chi connectivity index (χ0) is 17.0. The van der Waals surface area contributed by atoms with Gasteiger partial charge in [-0.05, 0) is 37.3 Å². The predicted molar refractivity (Wildman–Crippen MR) is 94.6 cm³/mol. The summed E-state index contributed by atoms with van der Waals surface area (Å²) in [6.45, 7) is 1.21. The van der Waals surface area contributed by atoms with E-state index < -0.39 is 9.84 Å². The van der Waals surface area contributed by atoms with Gasteiger partial charge in [0.1, 0.15) is 5.76 Å². The van der Waals surface area contributed by atoms with Crippen LogP contribution in [0.1, 0.15) is 37.9 Å². The first-order chi connectivity index (χ1) is 11.5. The molecule has 1 atom stereocenters. The van der Waals surface area contributed by atoms with Gasteiger partial charge < -0.3 is 14.6 Å². The number of aliphatic imine (C=N–C) groups is 1. The molecule has 1 aliphatic carbocycles. The standard InChI is InChI=1S/C17H27N3O3S/c1-20(12-16-7-4-9-23-16)17(19-15-5-2-3-6-15)18-11-14-8-10-24(21,22)13-14/h4,7,9,14-15H,2-3,5-6,8,10-13H2,1H3,(H,18,19). The topological polar surface area (TPSA) is 74.9 Å². The minimum absolute atomic E-state index is 0.146. The monoisotopic (exact) mass is 353 g/mol. The predicted octanol–water partition coefficient (Wildman–Crippen LogP) is 2.03. The molecule has 1 saturated heterocycles. The van der Waals surface area contributed by atoms with Crippen molar-refractivity contribution in [3.05, 3.63) is 24.2 Å². The highest BCUT2D eigenvalue weighted by Crippen LogP contribution is 2.20. The number of hydrogen-bond donors (Lipinski definition) is 1. The minimum Gasteiger partial charge on any atom is -0.467 e. The molecule has 0 spiro atoms. The second-order valence-electron chi connectivity index (χ2n) is 6.99. The molecule has 1 aromatic rings. The summed E-state index contributed by atoms with van der Waals surface area (Å²) in [5, 5.41) is 3.56. The van der Waals surface area contributed by atoms with Gasteiger partial charge in [0.15, 0.2) is 15.8 Å². The van der Waals surface area contributed by atoms with Crippen LogP contribution in [0.25, 0.3) is 0 Å². The van der Waals surface area contributed by atoms with Gasteiger partial charge in [0.05, 0.1) is 24.3 Å². The van der Waals surface area contributed by atoms with Gasteiger partial charge in [0.25, 0.3) is 0 Å². The average Bonchev–Trinajstić information content (AvgIpc) is 3.26. The molecule has 2 heterocycles. The van der Waals surface area contributed by atoms with Gasteiger partial charge in [-0.25, -0.2) is 8.42 Å². The first-order valence-electron chi connectivity index (χ1n) is 8.77. The van der Waals surface area contributed by atoms with Crippen LogP contribution in [-0.4, -0.2) is 50.4 Å². The Hall–Kier alpha value is -1.50. The Morgan fingerprint density at radius 2 is 2.17 bits per heavy atom. The van der Waals surface area contributed by atoms with Crippen LogP contribution in [-0.2, 0) is 16.4 Å². The Balaban J connectivity index is 1.64. The number of rotatable bonds is 5. The fourth-order valence-corrected chi connectivity index (χ4v) is 5.32. The number of nitrogens with one attached hydrogen (secondary N) is 1. The van der Waals surface area contributed by atoms with E-state index in [0.29, 0.717) is 24.9 Å². The summed E-state index contributed by atoms with van der Waals surface area (Å²) in [5.74, 6) is 2.47. The Kier molecular flexibility index (Phi) is 5.48. The highest BCUT2D eigenvalue weighted by atomic mass is 32.2. The summed E-state index contributed by atoms with van der Waals surface area (Å²) in [6, 6.07) is 4.30. The SMILES string of the molecule is CN(Cc1ccco1)C(=NCC1CCS(=O)(=O)C1)NC1CCCC1. The molecule has 24 heavy (non-hydrogen) atoms. The molecular weight excluding hydrogens is 326 g/mol. The van der Waals surface area contributed by atoms with Gasteiger partial charge in [-0.15, -0.1) is 0 Å². The van der Waals surface area contributed by atoms with Crippen molar-refractivity contribution >= 4 is 15.8 Å². The minimum atomic E-state index is -2.85. The number of hydrogen-bond acceptors (Lipinski definition) is 4. The molecule has 7 heteroatoms. The van der Waals surface area contributed by atoms with Crippen molar-refractivity contribution in [2.45, 2.75) is 44.7 Å². The van der Waals surface area contributed by atoms with E-state index in [4.69, 9.17) is 9.41 Å². The van der Waals surface area contributed by atoms with Gasteiger partial charge in [-0.3, -0.25) is 4.99 Å². The van der Waals surface area contributed by atoms with Crippen LogP contribution >= 0.6 is 0 Å². The molecule has 1 aliphatic heterocycles. The third kappa shape index (κ3) is 4.75. The van der Waals surface area contributed by atoms with Gasteiger partial charge in [0.2, 0.25) is 0 Å². The number of furan rings is 1. The van der Waals surface area contributed by atoms with E-state index in [-0.39, 0.29) is 11.7 Å². The molecule has 0 bridgehead atoms. The largest absolute Gasteiger partial charge is 0.467 e. The number of guanidine groups is 1. The number of sulfone groups is 1. The highest BCUT2D eigenvalue weighted by molar-refractivity contribution is 7.91. The van der Waals surface area contributed by atoms with Crippen molar-refractivity contribution in [3.8, 4) is 0 Å². The van der Waals surface area contributed by atoms with E-state index in [9.17, 15) is 8.42 Å². The molecule has 6 nitrogen and oxygen atoms in total. The van der Waals surface area contributed by atoms with Gasteiger partial charge in [0, 0.05) is 19.6 Å². The first-order valence-corrected chi connectivity index (χ1v) is 10.6. The molecule has 2 aliphatic rings. The van der Waals surface area contributed by atoms with E-state index in [1.165, 1.54) is 25.7 Å². The molecule has 1 aromatic heterocycles. The average molecular weight is 353 g/mol. The molecule has 0 aromatic carbocycles. The first kappa shape index (κ1) is 17.3. The van der Waals surface area contributed by atoms with E-state index in [1.54, 1.807) is 6.26 Å². The summed E-state index contributed by atoms with van der Waals surface area (Å²) in [5.41, 5.74) is 0. The van der Waals surface area contributed by atoms with E-state index in [2.05, 4.69) is 10.2 Å². The third-order valence-electron chi connectivity index (χ3n) is 4.85. The van der Waals surface area contributed by atoms with E-state index >= 15 is 0 Å². The lowest BCUT2D eigenvalue weighted by Gasteiger charge is -2.25. The summed E-state index contributed by atoms with van der Waals surface area (Å²) < 4.78 is 28.7. The van der Waals surface area contributed by atoms with Gasteiger partial charge in [-0.1, -0.05) is 12.8 Å². The second kappa shape index (κ2) is 7.59. The van der Waals surface area contributed by atoms with Crippen molar-refractivity contribution < 1.29 is 12.8 Å². The maximum atomic E-state index is 11.6. The zero-order valence-corrected chi connectivity index (χ0v) is 15.1. The fraction of sp³-hybridized carbons (Fsp3) is 0.706. The Morgan fingerprint density at radius 3 is 2.79 bits per heavy atom. The molecule has 1 unspecified atom stereocenters. The van der Waals surface area contributed by atoms with Crippen LogP contribution in [0, 0.1) is 5.92 Å². The van der Waals surface area contributed by atoms with E-state index in [0.717, 1.165) is 18.1 Å². The molecule has 0 radical (unpaired) electrons. The summed E-state index contributed by atoms with van der Waals surface area (Å²) >= 11 is 0. The molecule has 134 valence electrons. The van der Waals surface area contributed by atoms with Crippen LogP contribution < -0.4 is 5.32 Å². The molecule has 2 fully saturated rings. The van der Waals surface area contributed by atoms with Gasteiger partial charge in [-0.2, -0.15) is 0 Å². The Bertz CT molecular complexity index is 649. The summed E-state index contributed by atoms with van der Waals surface area (Å²) in [7, 11) is -0.851. The molecule has 1 N–H and O–H groups in total. The maximum Gasteiger partial charge on any atom is 0.194 e. The quantitative estimate of drug-likeness (QED) is 0.648. The van der Waals surface area contributed by atoms with Gasteiger partial charge >= 0.3 is 0 Å². The normalized spacial score (nSPS) is 24.4. The van der Waals surface area contributed by atoms with Crippen LogP contribution in [0.5, 0.6) is 0 Å². The van der Waals surface area contributed by atoms with Crippen LogP contribution in [0.15, 0.2) is 27.8 Å². The molecule has 3 rings (SSSR count). The highest BCUT2D eigenvalue weighted by Gasteiger charge is 2.28. The van der Waals surface area contributed by atoms with Crippen LogP contribution in [0.2, 0.25) is 0 Å². The number of nitrogens with zero attached hydrogens (tertiary/aromatic N) is 2. The lowest BCUT2D eigenvalue weighted by atomic mass is 10.1. The van der Waals surface area contributed by atoms with Crippen molar-refractivity contribution in [1.29, 1.82) is 0 Å². The Morgan fingerprint density at radius 1 is 1.38 bits per heavy atom. The van der Waals surface area contributed by atoms with E-state index in [1.807, 2.05) is 19.2 Å². The fourth-order valence-electron chi connectivity index (χ4n) is 3.47. The third-order valence-corrected chi connectivity index (χ3v) is 6.69. The van der Waals surface area contributed by atoms with Crippen molar-refractivity contribution in [2.24, 2.45) is 10.9 Å². The zero-order valence-electron chi connectivity index (χ0n) is 14.3. The Labute approximate surface area is 144 Å². The molecule has 1 saturated carbocycles. The lowest BCUT2D eigenvalue weighted by molar-refractivity contribution is 0.392. The van der Waals surface area contributed by atoms with Crippen LogP contribution in [0.3, 0.4) is 0 Å². The van der Waals surface area contributed by atoms with Crippen molar-refractivity contribution in [1.82, 2.24) is 10.2 Å². The molecule has 0 amide bonds. The van der Waals surface area contributed by atoms with Crippen molar-refractivity contribution in [3.63, 3.8) is 0 Å². The maximum absolute atomic E-state index is 11.6. The molecular formula is C17H27N3O3S. The van der Waals surface area contributed by atoms with Crippen molar-refractivity contribution in [2.75, 3.05) is 25.1 Å². The summed E-state index contributed by atoms with van der Waals surface area (Å²) in [4.78, 5) is 6.80. The second-order valence-corrected chi connectivity index (χ2v) is 9.22. The lowest BCUT2D eigenvalue weighted by Crippen LogP contribution is -2.43. The summed E-state index contributed by atoms with van der Waals surface area (Å²) in [6.07, 6.45) is 7.26. The smallest absolute Gasteiger partial charge is 0.194 e.